The monoisotopic (exact) mass is 446 g/mol. The first kappa shape index (κ1) is 23.7. The van der Waals surface area contributed by atoms with Crippen molar-refractivity contribution in [2.75, 3.05) is 6.61 Å². The zero-order valence-corrected chi connectivity index (χ0v) is 20.3. The number of nitrogens with one attached hydrogen (secondary N) is 1. The lowest BCUT2D eigenvalue weighted by molar-refractivity contribution is -0.0648. The quantitative estimate of drug-likeness (QED) is 0.655. The Kier molecular flexibility index (Phi) is 7.05. The minimum Gasteiger partial charge on any atom is -0.411 e. The van der Waals surface area contributed by atoms with Crippen molar-refractivity contribution in [3.8, 4) is 0 Å². The fourth-order valence-electron chi connectivity index (χ4n) is 3.37. The SMILES string of the molecule is Cc1cn([C@H]2C[C@H](O[Si](C)(C)C(C)(C)C)[C@@H](COCc3ccccc3)O2)c(=O)[nH]c1=O. The van der Waals surface area contributed by atoms with Gasteiger partial charge in [0.1, 0.15) is 12.3 Å². The Hall–Kier alpha value is -2.00. The van der Waals surface area contributed by atoms with Crippen molar-refractivity contribution in [2.24, 2.45) is 0 Å². The van der Waals surface area contributed by atoms with Crippen LogP contribution in [0.3, 0.4) is 0 Å². The number of benzene rings is 1. The summed E-state index contributed by atoms with van der Waals surface area (Å²) in [6, 6.07) is 9.97. The van der Waals surface area contributed by atoms with Crippen molar-refractivity contribution in [1.29, 1.82) is 0 Å². The second-order valence-corrected chi connectivity index (χ2v) is 14.5. The van der Waals surface area contributed by atoms with E-state index in [0.29, 0.717) is 25.2 Å². The standard InChI is InChI=1S/C23H34N2O5Si/c1-16-13-25(22(27)24-21(16)26)20-12-18(30-31(5,6)23(2,3)4)19(29-20)15-28-14-17-10-8-7-9-11-17/h7-11,13,18-20H,12,14-15H2,1-6H3,(H,24,26,27)/t18-,19+,20+/m0/s1. The highest BCUT2D eigenvalue weighted by Gasteiger charge is 2.45. The molecule has 1 aromatic carbocycles. The molecule has 0 aliphatic carbocycles. The molecule has 2 heterocycles. The Morgan fingerprint density at radius 1 is 1.19 bits per heavy atom. The van der Waals surface area contributed by atoms with Gasteiger partial charge in [0.25, 0.3) is 5.56 Å². The van der Waals surface area contributed by atoms with Gasteiger partial charge in [0, 0.05) is 18.2 Å². The number of rotatable bonds is 7. The fourth-order valence-corrected chi connectivity index (χ4v) is 4.73. The van der Waals surface area contributed by atoms with Crippen molar-refractivity contribution in [2.45, 2.75) is 77.3 Å². The molecule has 7 nitrogen and oxygen atoms in total. The molecule has 0 amide bonds. The summed E-state index contributed by atoms with van der Waals surface area (Å²) in [5, 5.41) is 0.0476. The Bertz CT molecular complexity index is 994. The van der Waals surface area contributed by atoms with Crippen molar-refractivity contribution in [1.82, 2.24) is 9.55 Å². The van der Waals surface area contributed by atoms with Gasteiger partial charge in [0.2, 0.25) is 0 Å². The first-order valence-electron chi connectivity index (χ1n) is 10.7. The molecule has 0 unspecified atom stereocenters. The molecule has 170 valence electrons. The van der Waals surface area contributed by atoms with E-state index in [9.17, 15) is 9.59 Å². The van der Waals surface area contributed by atoms with Gasteiger partial charge in [-0.15, -0.1) is 0 Å². The number of aromatic nitrogens is 2. The number of aromatic amines is 1. The summed E-state index contributed by atoms with van der Waals surface area (Å²) >= 11 is 0. The minimum atomic E-state index is -2.06. The molecule has 8 heteroatoms. The van der Waals surface area contributed by atoms with Crippen LogP contribution in [0.25, 0.3) is 0 Å². The zero-order chi connectivity index (χ0) is 22.8. The van der Waals surface area contributed by atoms with Gasteiger partial charge in [-0.3, -0.25) is 14.3 Å². The maximum atomic E-state index is 12.4. The highest BCUT2D eigenvalue weighted by molar-refractivity contribution is 6.74. The molecule has 1 aliphatic heterocycles. The van der Waals surface area contributed by atoms with Gasteiger partial charge in [0.15, 0.2) is 8.32 Å². The lowest BCUT2D eigenvalue weighted by atomic mass is 10.2. The van der Waals surface area contributed by atoms with Gasteiger partial charge in [-0.2, -0.15) is 0 Å². The Labute approximate surface area is 184 Å². The minimum absolute atomic E-state index is 0.0476. The number of ether oxygens (including phenoxy) is 2. The van der Waals surface area contributed by atoms with Crippen molar-refractivity contribution in [3.05, 3.63) is 68.5 Å². The van der Waals surface area contributed by atoms with Crippen LogP contribution in [0.1, 0.15) is 44.5 Å². The van der Waals surface area contributed by atoms with E-state index < -0.39 is 20.2 Å². The van der Waals surface area contributed by atoms with Crippen LogP contribution in [0.15, 0.2) is 46.1 Å². The van der Waals surface area contributed by atoms with Crippen molar-refractivity contribution in [3.63, 3.8) is 0 Å². The van der Waals surface area contributed by atoms with Crippen LogP contribution < -0.4 is 11.2 Å². The third-order valence-electron chi connectivity index (χ3n) is 6.28. The van der Waals surface area contributed by atoms with Crippen LogP contribution in [-0.4, -0.2) is 36.7 Å². The van der Waals surface area contributed by atoms with E-state index in [1.165, 1.54) is 4.57 Å². The number of hydrogen-bond donors (Lipinski definition) is 1. The van der Waals surface area contributed by atoms with E-state index >= 15 is 0 Å². The lowest BCUT2D eigenvalue weighted by Crippen LogP contribution is -2.46. The van der Waals surface area contributed by atoms with E-state index in [1.807, 2.05) is 30.3 Å². The molecule has 3 atom stereocenters. The van der Waals surface area contributed by atoms with Gasteiger partial charge in [0.05, 0.1) is 19.3 Å². The smallest absolute Gasteiger partial charge is 0.330 e. The summed E-state index contributed by atoms with van der Waals surface area (Å²) < 4.78 is 20.3. The van der Waals surface area contributed by atoms with Gasteiger partial charge >= 0.3 is 5.69 Å². The molecule has 0 radical (unpaired) electrons. The molecule has 1 saturated heterocycles. The average Bonchev–Trinajstić information content (AvgIpc) is 3.06. The molecule has 3 rings (SSSR count). The Morgan fingerprint density at radius 2 is 1.87 bits per heavy atom. The number of H-pyrrole nitrogens is 1. The average molecular weight is 447 g/mol. The van der Waals surface area contributed by atoms with Crippen LogP contribution in [0, 0.1) is 6.92 Å². The van der Waals surface area contributed by atoms with Crippen LogP contribution in [0.2, 0.25) is 18.1 Å². The third kappa shape index (κ3) is 5.63. The summed E-state index contributed by atoms with van der Waals surface area (Å²) in [5.41, 5.74) is 0.703. The van der Waals surface area contributed by atoms with E-state index in [-0.39, 0.29) is 22.8 Å². The van der Waals surface area contributed by atoms with Gasteiger partial charge < -0.3 is 13.9 Å². The summed E-state index contributed by atoms with van der Waals surface area (Å²) in [4.78, 5) is 26.5. The normalized spacial score (nSPS) is 22.1. The molecule has 0 bridgehead atoms. The van der Waals surface area contributed by atoms with E-state index in [2.05, 4.69) is 38.8 Å². The highest BCUT2D eigenvalue weighted by Crippen LogP contribution is 2.41. The number of nitrogens with zero attached hydrogens (tertiary/aromatic N) is 1. The molecule has 31 heavy (non-hydrogen) atoms. The summed E-state index contributed by atoms with van der Waals surface area (Å²) in [7, 11) is -2.06. The second kappa shape index (κ2) is 9.24. The molecule has 1 fully saturated rings. The van der Waals surface area contributed by atoms with Crippen LogP contribution in [0.4, 0.5) is 0 Å². The zero-order valence-electron chi connectivity index (χ0n) is 19.3. The molecule has 1 N–H and O–H groups in total. The van der Waals surface area contributed by atoms with Gasteiger partial charge in [-0.1, -0.05) is 51.1 Å². The van der Waals surface area contributed by atoms with Crippen LogP contribution >= 0.6 is 0 Å². The number of aryl methyl sites for hydroxylation is 1. The summed E-state index contributed by atoms with van der Waals surface area (Å²) in [6.07, 6.45) is 1.07. The first-order chi connectivity index (χ1) is 14.5. The lowest BCUT2D eigenvalue weighted by Gasteiger charge is -2.39. The topological polar surface area (TPSA) is 82.6 Å². The third-order valence-corrected chi connectivity index (χ3v) is 10.8. The van der Waals surface area contributed by atoms with E-state index in [1.54, 1.807) is 13.1 Å². The Morgan fingerprint density at radius 3 is 2.52 bits per heavy atom. The molecule has 1 aliphatic rings. The molecular formula is C23H34N2O5Si. The first-order valence-corrected chi connectivity index (χ1v) is 13.7. The van der Waals surface area contributed by atoms with Gasteiger partial charge in [-0.25, -0.2) is 4.79 Å². The molecule has 0 spiro atoms. The van der Waals surface area contributed by atoms with E-state index in [4.69, 9.17) is 13.9 Å². The largest absolute Gasteiger partial charge is 0.411 e. The predicted molar refractivity (Wildman–Crippen MR) is 123 cm³/mol. The van der Waals surface area contributed by atoms with Crippen LogP contribution in [-0.2, 0) is 20.5 Å². The van der Waals surface area contributed by atoms with Crippen molar-refractivity contribution < 1.29 is 13.9 Å². The maximum Gasteiger partial charge on any atom is 0.330 e. The predicted octanol–water partition coefficient (Wildman–Crippen LogP) is 3.74. The second-order valence-electron chi connectivity index (χ2n) is 9.76. The van der Waals surface area contributed by atoms with Crippen LogP contribution in [0.5, 0.6) is 0 Å². The fraction of sp³-hybridized carbons (Fsp3) is 0.565. The molecule has 2 aromatic rings. The molecular weight excluding hydrogens is 412 g/mol. The van der Waals surface area contributed by atoms with Gasteiger partial charge in [-0.05, 0) is 30.6 Å². The highest BCUT2D eigenvalue weighted by atomic mass is 28.4. The molecule has 1 aromatic heterocycles. The molecule has 0 saturated carbocycles. The van der Waals surface area contributed by atoms with Crippen molar-refractivity contribution >= 4 is 8.32 Å². The maximum absolute atomic E-state index is 12.4. The summed E-state index contributed by atoms with van der Waals surface area (Å²) in [5.74, 6) is 0. The summed E-state index contributed by atoms with van der Waals surface area (Å²) in [6.45, 7) is 13.5. The number of hydrogen-bond acceptors (Lipinski definition) is 5. The van der Waals surface area contributed by atoms with E-state index in [0.717, 1.165) is 5.56 Å². The Balaban J connectivity index is 1.78.